The van der Waals surface area contributed by atoms with E-state index >= 15 is 0 Å². The van der Waals surface area contributed by atoms with Gasteiger partial charge in [0.05, 0.1) is 12.7 Å². The number of rotatable bonds is 0. The van der Waals surface area contributed by atoms with Crippen LogP contribution in [0.15, 0.2) is 11.2 Å². The summed E-state index contributed by atoms with van der Waals surface area (Å²) in [4.78, 5) is 4.37. The van der Waals surface area contributed by atoms with Crippen LogP contribution in [-0.4, -0.2) is 20.0 Å². The van der Waals surface area contributed by atoms with Crippen LogP contribution in [0, 0.1) is 0 Å². The van der Waals surface area contributed by atoms with E-state index in [1.807, 2.05) is 6.20 Å². The number of fused-ring (bicyclic) bond motifs is 1. The maximum atomic E-state index is 4.37. The van der Waals surface area contributed by atoms with Gasteiger partial charge in [0.15, 0.2) is 5.49 Å². The highest BCUT2D eigenvalue weighted by Crippen LogP contribution is 2.03. The summed E-state index contributed by atoms with van der Waals surface area (Å²) in [7, 11) is 2.52. The first kappa shape index (κ1) is 7.68. The van der Waals surface area contributed by atoms with Crippen molar-refractivity contribution in [3.63, 3.8) is 0 Å². The van der Waals surface area contributed by atoms with Gasteiger partial charge in [-0.15, -0.1) is 0 Å². The Kier molecular flexibility index (Phi) is 1.97. The van der Waals surface area contributed by atoms with Gasteiger partial charge in [0.2, 0.25) is 0 Å². The number of hydrogen-bond acceptors (Lipinski definition) is 2. The first-order valence-electron chi connectivity index (χ1n) is 3.27. The van der Waals surface area contributed by atoms with Crippen molar-refractivity contribution in [1.82, 2.24) is 9.55 Å². The summed E-state index contributed by atoms with van der Waals surface area (Å²) in [5.74, 6) is 0. The summed E-state index contributed by atoms with van der Waals surface area (Å²) in [5.41, 5.74) is 0.975. The molecule has 0 saturated heterocycles. The van der Waals surface area contributed by atoms with Gasteiger partial charge in [-0.2, -0.15) is 5.10 Å². The van der Waals surface area contributed by atoms with E-state index in [9.17, 15) is 0 Å². The van der Waals surface area contributed by atoms with Crippen LogP contribution in [0.3, 0.4) is 0 Å². The summed E-state index contributed by atoms with van der Waals surface area (Å²) in [5, 5.41) is 5.23. The average Bonchev–Trinajstić information content (AvgIpc) is 2.32. The topological polar surface area (TPSA) is 30.2 Å². The third kappa shape index (κ3) is 1.34. The molecule has 1 aliphatic heterocycles. The second-order valence-corrected chi connectivity index (χ2v) is 4.48. The quantitative estimate of drug-likeness (QED) is 0.365. The van der Waals surface area contributed by atoms with Gasteiger partial charge in [-0.1, -0.05) is 28.7 Å². The van der Waals surface area contributed by atoms with Gasteiger partial charge in [-0.05, 0) is 9.39 Å². The smallest absolute Gasteiger partial charge is 0.155 e. The molecule has 0 amide bonds. The van der Waals surface area contributed by atoms with E-state index in [1.54, 1.807) is 4.45 Å². The highest BCUT2D eigenvalue weighted by atomic mass is 127. The molecular weight excluding hydrogens is 272 g/mol. The van der Waals surface area contributed by atoms with Crippen molar-refractivity contribution in [2.75, 3.05) is 6.54 Å². The van der Waals surface area contributed by atoms with E-state index in [1.165, 1.54) is 0 Å². The molecule has 2 atom stereocenters. The lowest BCUT2D eigenvalue weighted by Crippen LogP contribution is -2.32. The summed E-state index contributed by atoms with van der Waals surface area (Å²) >= 11 is 2.37. The van der Waals surface area contributed by atoms with Crippen LogP contribution in [0.1, 0.15) is 0 Å². The Morgan fingerprint density at radius 3 is 3.36 bits per heavy atom. The predicted molar refractivity (Wildman–Crippen MR) is 55.3 cm³/mol. The lowest BCUT2D eigenvalue weighted by Gasteiger charge is -2.02. The SMILES string of the molecule is Pn1ncc2c1=NCC(I)C=2. The molecule has 2 unspecified atom stereocenters. The molecule has 0 radical (unpaired) electrons. The van der Waals surface area contributed by atoms with Crippen molar-refractivity contribution in [2.24, 2.45) is 4.99 Å². The molecule has 0 aromatic carbocycles. The first-order valence-corrected chi connectivity index (χ1v) is 5.03. The zero-order chi connectivity index (χ0) is 7.84. The fraction of sp³-hybridized carbons (Fsp3) is 0.333. The Bertz CT molecular complexity index is 383. The Morgan fingerprint density at radius 2 is 2.55 bits per heavy atom. The minimum Gasteiger partial charge on any atom is -0.265 e. The lowest BCUT2D eigenvalue weighted by molar-refractivity contribution is 0.889. The average molecular weight is 279 g/mol. The van der Waals surface area contributed by atoms with Crippen molar-refractivity contribution < 1.29 is 0 Å². The number of aromatic nitrogens is 2. The molecule has 11 heavy (non-hydrogen) atoms. The monoisotopic (exact) mass is 279 g/mol. The normalized spacial score (nSPS) is 21.8. The van der Waals surface area contributed by atoms with Crippen LogP contribution in [0.5, 0.6) is 0 Å². The van der Waals surface area contributed by atoms with Gasteiger partial charge in [0.25, 0.3) is 0 Å². The molecule has 1 aliphatic rings. The molecule has 0 spiro atoms. The van der Waals surface area contributed by atoms with Crippen LogP contribution in [0.2, 0.25) is 0 Å². The molecular formula is C6H7IN3P. The molecule has 0 bridgehead atoms. The van der Waals surface area contributed by atoms with Gasteiger partial charge in [-0.25, -0.2) is 4.45 Å². The van der Waals surface area contributed by atoms with Crippen molar-refractivity contribution in [3.05, 3.63) is 16.9 Å². The highest BCUT2D eigenvalue weighted by molar-refractivity contribution is 14.1. The van der Waals surface area contributed by atoms with Crippen LogP contribution in [0.25, 0.3) is 6.08 Å². The van der Waals surface area contributed by atoms with Gasteiger partial charge in [0.1, 0.15) is 0 Å². The number of nitrogens with zero attached hydrogens (tertiary/aromatic N) is 3. The van der Waals surface area contributed by atoms with Crippen molar-refractivity contribution in [3.8, 4) is 0 Å². The summed E-state index contributed by atoms with van der Waals surface area (Å²) < 4.78 is 2.25. The van der Waals surface area contributed by atoms with Gasteiger partial charge in [0, 0.05) is 9.14 Å². The van der Waals surface area contributed by atoms with Crippen LogP contribution >= 0.6 is 32.0 Å². The van der Waals surface area contributed by atoms with Crippen molar-refractivity contribution in [1.29, 1.82) is 0 Å². The fourth-order valence-corrected chi connectivity index (χ4v) is 1.95. The highest BCUT2D eigenvalue weighted by Gasteiger charge is 2.05. The number of hydrogen-bond donors (Lipinski definition) is 0. The maximum Gasteiger partial charge on any atom is 0.155 e. The second-order valence-electron chi connectivity index (χ2n) is 2.39. The summed E-state index contributed by atoms with van der Waals surface area (Å²) in [6, 6.07) is 0. The third-order valence-electron chi connectivity index (χ3n) is 1.57. The minimum atomic E-state index is 0.522. The summed E-state index contributed by atoms with van der Waals surface area (Å²) in [6.45, 7) is 0.869. The van der Waals surface area contributed by atoms with E-state index < -0.39 is 0 Å². The van der Waals surface area contributed by atoms with E-state index in [-0.39, 0.29) is 0 Å². The Hall–Kier alpha value is 0.0400. The molecule has 2 heterocycles. The largest absolute Gasteiger partial charge is 0.265 e. The van der Waals surface area contributed by atoms with Crippen LogP contribution in [0.4, 0.5) is 0 Å². The summed E-state index contributed by atoms with van der Waals surface area (Å²) in [6.07, 6.45) is 4.03. The molecule has 1 aromatic rings. The molecule has 0 saturated carbocycles. The van der Waals surface area contributed by atoms with Gasteiger partial charge >= 0.3 is 0 Å². The van der Waals surface area contributed by atoms with Gasteiger partial charge < -0.3 is 0 Å². The van der Waals surface area contributed by atoms with E-state index in [4.69, 9.17) is 0 Å². The van der Waals surface area contributed by atoms with Crippen molar-refractivity contribution in [2.45, 2.75) is 3.92 Å². The van der Waals surface area contributed by atoms with E-state index in [0.29, 0.717) is 3.92 Å². The number of alkyl halides is 1. The molecule has 0 N–H and O–H groups in total. The third-order valence-corrected chi connectivity index (χ3v) is 2.70. The standard InChI is InChI=1S/C6H7IN3P/c7-5-1-4-2-9-10(11)6(4)8-3-5/h1-2,5H,3,11H2. The lowest BCUT2D eigenvalue weighted by atomic mass is 10.3. The zero-order valence-corrected chi connectivity index (χ0v) is 9.05. The molecule has 1 aromatic heterocycles. The fourth-order valence-electron chi connectivity index (χ4n) is 1.07. The molecule has 3 nitrogen and oxygen atoms in total. The molecule has 0 aliphatic carbocycles. The molecule has 5 heteroatoms. The zero-order valence-electron chi connectivity index (χ0n) is 5.74. The minimum absolute atomic E-state index is 0.522. The van der Waals surface area contributed by atoms with E-state index in [2.05, 4.69) is 48.1 Å². The van der Waals surface area contributed by atoms with Crippen LogP contribution in [-0.2, 0) is 0 Å². The Morgan fingerprint density at radius 1 is 1.73 bits per heavy atom. The first-order chi connectivity index (χ1) is 5.27. The Balaban J connectivity index is 2.76. The van der Waals surface area contributed by atoms with Crippen LogP contribution < -0.4 is 10.7 Å². The van der Waals surface area contributed by atoms with Gasteiger partial charge in [-0.3, -0.25) is 4.99 Å². The molecule has 58 valence electrons. The molecule has 2 rings (SSSR count). The van der Waals surface area contributed by atoms with Crippen molar-refractivity contribution >= 4 is 38.1 Å². The predicted octanol–water partition coefficient (Wildman–Crippen LogP) is -0.261. The van der Waals surface area contributed by atoms with E-state index in [0.717, 1.165) is 17.3 Å². The number of halogens is 1. The second kappa shape index (κ2) is 2.83. The molecule has 0 fully saturated rings. The Labute approximate surface area is 80.0 Å². The maximum absolute atomic E-state index is 4.37.